The predicted octanol–water partition coefficient (Wildman–Crippen LogP) is 3.17. The van der Waals surface area contributed by atoms with Crippen LogP contribution in [0.3, 0.4) is 0 Å². The maximum absolute atomic E-state index is 11.2. The fourth-order valence-electron chi connectivity index (χ4n) is 1.83. The van der Waals surface area contributed by atoms with E-state index in [9.17, 15) is 4.79 Å². The van der Waals surface area contributed by atoms with E-state index in [2.05, 4.69) is 6.07 Å². The number of carbonyl (C=O) groups is 1. The molecule has 2 rings (SSSR count). The van der Waals surface area contributed by atoms with Gasteiger partial charge >= 0.3 is 5.97 Å². The van der Waals surface area contributed by atoms with Gasteiger partial charge < -0.3 is 9.47 Å². The summed E-state index contributed by atoms with van der Waals surface area (Å²) in [5, 5.41) is 8.77. The van der Waals surface area contributed by atoms with E-state index in [1.807, 2.05) is 24.3 Å². The molecule has 21 heavy (non-hydrogen) atoms. The lowest BCUT2D eigenvalue weighted by atomic mass is 10.0. The van der Waals surface area contributed by atoms with Gasteiger partial charge in [-0.2, -0.15) is 5.26 Å². The monoisotopic (exact) mass is 281 g/mol. The summed E-state index contributed by atoms with van der Waals surface area (Å²) in [6.07, 6.45) is 0. The van der Waals surface area contributed by atoms with Crippen LogP contribution in [0.25, 0.3) is 11.1 Å². The molecule has 0 amide bonds. The number of hydrogen-bond donors (Lipinski definition) is 0. The van der Waals surface area contributed by atoms with Gasteiger partial charge in [0.2, 0.25) is 0 Å². The number of rotatable bonds is 5. The van der Waals surface area contributed by atoms with E-state index < -0.39 is 0 Å². The van der Waals surface area contributed by atoms with Gasteiger partial charge in [-0.05, 0) is 42.3 Å². The summed E-state index contributed by atoms with van der Waals surface area (Å²) in [5.74, 6) is 0.231. The van der Waals surface area contributed by atoms with Crippen LogP contribution in [-0.2, 0) is 9.53 Å². The van der Waals surface area contributed by atoms with Gasteiger partial charge in [0.25, 0.3) is 0 Å². The van der Waals surface area contributed by atoms with Gasteiger partial charge in [0, 0.05) is 0 Å². The lowest BCUT2D eigenvalue weighted by Gasteiger charge is -2.07. The van der Waals surface area contributed by atoms with Crippen LogP contribution in [0, 0.1) is 11.3 Å². The first-order valence-electron chi connectivity index (χ1n) is 6.62. The number of hydrogen-bond acceptors (Lipinski definition) is 4. The number of nitrogens with zero attached hydrogens (tertiary/aromatic N) is 1. The van der Waals surface area contributed by atoms with Crippen LogP contribution in [0.5, 0.6) is 5.75 Å². The standard InChI is InChI=1S/C17H15NO3/c1-2-20-17(19)12-21-16-9-7-15(8-10-16)14-5-3-13(11-18)4-6-14/h3-10H,2,12H2,1H3. The highest BCUT2D eigenvalue weighted by Crippen LogP contribution is 2.22. The van der Waals surface area contributed by atoms with Gasteiger partial charge in [0.1, 0.15) is 5.75 Å². The van der Waals surface area contributed by atoms with Crippen molar-refractivity contribution >= 4 is 5.97 Å². The van der Waals surface area contributed by atoms with E-state index in [1.54, 1.807) is 31.2 Å². The highest BCUT2D eigenvalue weighted by molar-refractivity contribution is 5.71. The third-order valence-electron chi connectivity index (χ3n) is 2.86. The molecule has 4 nitrogen and oxygen atoms in total. The third kappa shape index (κ3) is 4.08. The second-order valence-corrected chi connectivity index (χ2v) is 4.31. The summed E-state index contributed by atoms with van der Waals surface area (Å²) in [7, 11) is 0. The van der Waals surface area contributed by atoms with E-state index in [4.69, 9.17) is 14.7 Å². The van der Waals surface area contributed by atoms with Crippen molar-refractivity contribution < 1.29 is 14.3 Å². The van der Waals surface area contributed by atoms with Crippen molar-refractivity contribution in [1.29, 1.82) is 5.26 Å². The lowest BCUT2D eigenvalue weighted by Crippen LogP contribution is -2.14. The van der Waals surface area contributed by atoms with Crippen molar-refractivity contribution in [3.63, 3.8) is 0 Å². The molecule has 0 N–H and O–H groups in total. The number of esters is 1. The van der Waals surface area contributed by atoms with E-state index >= 15 is 0 Å². The summed E-state index contributed by atoms with van der Waals surface area (Å²) in [6.45, 7) is 2.01. The summed E-state index contributed by atoms with van der Waals surface area (Å²) in [6, 6.07) is 16.8. The van der Waals surface area contributed by atoms with Crippen molar-refractivity contribution in [2.75, 3.05) is 13.2 Å². The molecule has 0 spiro atoms. The molecule has 0 aliphatic rings. The average Bonchev–Trinajstić information content (AvgIpc) is 2.54. The molecular formula is C17H15NO3. The molecule has 0 aliphatic carbocycles. The Bertz CT molecular complexity index is 639. The molecular weight excluding hydrogens is 266 g/mol. The smallest absolute Gasteiger partial charge is 0.344 e. The maximum Gasteiger partial charge on any atom is 0.344 e. The molecule has 0 saturated carbocycles. The molecule has 0 bridgehead atoms. The van der Waals surface area contributed by atoms with Gasteiger partial charge in [0.15, 0.2) is 6.61 Å². The van der Waals surface area contributed by atoms with E-state index in [1.165, 1.54) is 0 Å². The lowest BCUT2D eigenvalue weighted by molar-refractivity contribution is -0.145. The quantitative estimate of drug-likeness (QED) is 0.790. The topological polar surface area (TPSA) is 59.3 Å². The molecule has 0 radical (unpaired) electrons. The average molecular weight is 281 g/mol. The molecule has 0 aromatic heterocycles. The molecule has 0 saturated heterocycles. The SMILES string of the molecule is CCOC(=O)COc1ccc(-c2ccc(C#N)cc2)cc1. The zero-order valence-corrected chi connectivity index (χ0v) is 11.7. The Balaban J connectivity index is 2.01. The van der Waals surface area contributed by atoms with Crippen LogP contribution in [-0.4, -0.2) is 19.2 Å². The molecule has 0 heterocycles. The highest BCUT2D eigenvalue weighted by Gasteiger charge is 2.03. The summed E-state index contributed by atoms with van der Waals surface area (Å²) in [4.78, 5) is 11.2. The van der Waals surface area contributed by atoms with Crippen molar-refractivity contribution in [3.05, 3.63) is 54.1 Å². The van der Waals surface area contributed by atoms with Crippen LogP contribution in [0.1, 0.15) is 12.5 Å². The Morgan fingerprint density at radius 3 is 2.14 bits per heavy atom. The normalized spacial score (nSPS) is 9.71. The molecule has 0 aliphatic heterocycles. The Morgan fingerprint density at radius 1 is 1.05 bits per heavy atom. The molecule has 0 atom stereocenters. The Hall–Kier alpha value is -2.80. The minimum Gasteiger partial charge on any atom is -0.482 e. The highest BCUT2D eigenvalue weighted by atomic mass is 16.6. The number of nitriles is 1. The zero-order chi connectivity index (χ0) is 15.1. The zero-order valence-electron chi connectivity index (χ0n) is 11.7. The van der Waals surface area contributed by atoms with Crippen molar-refractivity contribution in [2.45, 2.75) is 6.92 Å². The Labute approximate surface area is 123 Å². The summed E-state index contributed by atoms with van der Waals surface area (Å²) in [5.41, 5.74) is 2.67. The maximum atomic E-state index is 11.2. The van der Waals surface area contributed by atoms with Gasteiger partial charge in [-0.1, -0.05) is 24.3 Å². The van der Waals surface area contributed by atoms with E-state index in [-0.39, 0.29) is 12.6 Å². The van der Waals surface area contributed by atoms with Gasteiger partial charge in [-0.15, -0.1) is 0 Å². The fourth-order valence-corrected chi connectivity index (χ4v) is 1.83. The van der Waals surface area contributed by atoms with Crippen molar-refractivity contribution in [1.82, 2.24) is 0 Å². The number of carbonyl (C=O) groups excluding carboxylic acids is 1. The predicted molar refractivity (Wildman–Crippen MR) is 78.7 cm³/mol. The van der Waals surface area contributed by atoms with E-state index in [0.29, 0.717) is 17.9 Å². The first-order valence-corrected chi connectivity index (χ1v) is 6.62. The molecule has 2 aromatic rings. The van der Waals surface area contributed by atoms with Gasteiger partial charge in [-0.25, -0.2) is 4.79 Å². The largest absolute Gasteiger partial charge is 0.482 e. The summed E-state index contributed by atoms with van der Waals surface area (Å²) < 4.78 is 10.1. The van der Waals surface area contributed by atoms with Crippen molar-refractivity contribution in [2.24, 2.45) is 0 Å². The molecule has 4 heteroatoms. The van der Waals surface area contributed by atoms with Crippen molar-refractivity contribution in [3.8, 4) is 22.9 Å². The molecule has 0 fully saturated rings. The Morgan fingerprint density at radius 2 is 1.62 bits per heavy atom. The van der Waals surface area contributed by atoms with Crippen LogP contribution >= 0.6 is 0 Å². The Kier molecular flexibility index (Phi) is 4.94. The summed E-state index contributed by atoms with van der Waals surface area (Å²) >= 11 is 0. The fraction of sp³-hybridized carbons (Fsp3) is 0.176. The van der Waals surface area contributed by atoms with Crippen LogP contribution in [0.15, 0.2) is 48.5 Å². The first kappa shape index (κ1) is 14.6. The van der Waals surface area contributed by atoms with Crippen LogP contribution < -0.4 is 4.74 Å². The second kappa shape index (κ2) is 7.11. The minimum absolute atomic E-state index is 0.0932. The van der Waals surface area contributed by atoms with Gasteiger partial charge in [0.05, 0.1) is 18.2 Å². The van der Waals surface area contributed by atoms with Crippen LogP contribution in [0.4, 0.5) is 0 Å². The van der Waals surface area contributed by atoms with Gasteiger partial charge in [-0.3, -0.25) is 0 Å². The first-order chi connectivity index (χ1) is 10.2. The number of benzene rings is 2. The second-order valence-electron chi connectivity index (χ2n) is 4.31. The van der Waals surface area contributed by atoms with E-state index in [0.717, 1.165) is 11.1 Å². The molecule has 2 aromatic carbocycles. The molecule has 0 unspecified atom stereocenters. The minimum atomic E-state index is -0.381. The molecule has 106 valence electrons. The third-order valence-corrected chi connectivity index (χ3v) is 2.86. The number of ether oxygens (including phenoxy) is 2. The van der Waals surface area contributed by atoms with Crippen LogP contribution in [0.2, 0.25) is 0 Å².